The van der Waals surface area contributed by atoms with Crippen molar-refractivity contribution in [2.24, 2.45) is 4.40 Å². The zero-order valence-electron chi connectivity index (χ0n) is 18.9. The molecule has 36 heavy (non-hydrogen) atoms. The molecule has 1 aromatic heterocycles. The number of nitrogens with zero attached hydrogens (tertiary/aromatic N) is 3. The van der Waals surface area contributed by atoms with Gasteiger partial charge in [-0.05, 0) is 47.3 Å². The van der Waals surface area contributed by atoms with E-state index < -0.39 is 27.6 Å². The van der Waals surface area contributed by atoms with Gasteiger partial charge in [0, 0.05) is 43.2 Å². The topological polar surface area (TPSA) is 65.0 Å². The van der Waals surface area contributed by atoms with Crippen molar-refractivity contribution < 1.29 is 26.0 Å². The third kappa shape index (κ3) is 5.31. The molecule has 2 aliphatic rings. The molecule has 1 fully saturated rings. The monoisotopic (exact) mass is 538 g/mol. The van der Waals surface area contributed by atoms with Crippen molar-refractivity contribution in [3.63, 3.8) is 0 Å². The van der Waals surface area contributed by atoms with Crippen molar-refractivity contribution in [1.29, 1.82) is 0 Å². The number of fused-ring (bicyclic) bond motifs is 1. The first-order valence-corrected chi connectivity index (χ1v) is 13.5. The maximum atomic E-state index is 14.1. The summed E-state index contributed by atoms with van der Waals surface area (Å²) in [5.74, 6) is -0.360. The van der Waals surface area contributed by atoms with E-state index >= 15 is 0 Å². The van der Waals surface area contributed by atoms with Gasteiger partial charge < -0.3 is 5.32 Å². The third-order valence-electron chi connectivity index (χ3n) is 6.18. The molecule has 3 aromatic rings. The average Bonchev–Trinajstić information content (AvgIpc) is 3.35. The summed E-state index contributed by atoms with van der Waals surface area (Å²) < 4.78 is 82.8. The van der Waals surface area contributed by atoms with E-state index in [-0.39, 0.29) is 23.5 Å². The van der Waals surface area contributed by atoms with E-state index in [2.05, 4.69) is 9.71 Å². The lowest BCUT2D eigenvalue weighted by Crippen LogP contribution is -2.48. The second kappa shape index (κ2) is 9.58. The SMILES string of the molecule is O=S1(=O)N=C(CN2CCN(Cc3cc(C(F)(F)F)ccc3F)CC2)Nc2ccc(-c3cccs3)cc21. The number of nitrogens with one attached hydrogen (secondary N) is 1. The Morgan fingerprint density at radius 3 is 2.36 bits per heavy atom. The summed E-state index contributed by atoms with van der Waals surface area (Å²) in [7, 11) is -3.87. The molecule has 0 unspecified atom stereocenters. The van der Waals surface area contributed by atoms with E-state index in [1.54, 1.807) is 12.1 Å². The Morgan fingerprint density at radius 2 is 1.69 bits per heavy atom. The van der Waals surface area contributed by atoms with Gasteiger partial charge in [0.25, 0.3) is 10.0 Å². The number of alkyl halides is 3. The highest BCUT2D eigenvalue weighted by Crippen LogP contribution is 2.34. The van der Waals surface area contributed by atoms with Gasteiger partial charge in [0.2, 0.25) is 0 Å². The van der Waals surface area contributed by atoms with Gasteiger partial charge in [-0.2, -0.15) is 21.6 Å². The third-order valence-corrected chi connectivity index (χ3v) is 8.45. The summed E-state index contributed by atoms with van der Waals surface area (Å²) in [6.45, 7) is 2.40. The quantitative estimate of drug-likeness (QED) is 0.468. The minimum atomic E-state index is -4.53. The largest absolute Gasteiger partial charge is 0.416 e. The van der Waals surface area contributed by atoms with Crippen molar-refractivity contribution in [2.75, 3.05) is 38.0 Å². The van der Waals surface area contributed by atoms with Crippen LogP contribution in [-0.2, 0) is 22.7 Å². The fourth-order valence-corrected chi connectivity index (χ4v) is 6.20. The van der Waals surface area contributed by atoms with Crippen LogP contribution in [0.5, 0.6) is 0 Å². The van der Waals surface area contributed by atoms with Crippen LogP contribution in [0, 0.1) is 5.82 Å². The molecule has 0 saturated carbocycles. The van der Waals surface area contributed by atoms with Gasteiger partial charge in [0.1, 0.15) is 16.5 Å². The number of hydrogen-bond acceptors (Lipinski definition) is 6. The van der Waals surface area contributed by atoms with E-state index in [0.717, 1.165) is 28.6 Å². The van der Waals surface area contributed by atoms with E-state index in [9.17, 15) is 26.0 Å². The predicted octanol–water partition coefficient (Wildman–Crippen LogP) is 4.90. The summed E-state index contributed by atoms with van der Waals surface area (Å²) in [6.07, 6.45) is -4.53. The number of sulfonamides is 1. The molecule has 5 rings (SSSR count). The van der Waals surface area contributed by atoms with Crippen LogP contribution in [0.1, 0.15) is 11.1 Å². The molecule has 2 aromatic carbocycles. The molecule has 0 radical (unpaired) electrons. The van der Waals surface area contributed by atoms with Gasteiger partial charge in [-0.3, -0.25) is 9.80 Å². The summed E-state index contributed by atoms with van der Waals surface area (Å²) in [4.78, 5) is 4.98. The maximum absolute atomic E-state index is 14.1. The summed E-state index contributed by atoms with van der Waals surface area (Å²) >= 11 is 1.52. The Morgan fingerprint density at radius 1 is 0.972 bits per heavy atom. The van der Waals surface area contributed by atoms with Crippen LogP contribution < -0.4 is 5.32 Å². The Hall–Kier alpha value is -2.80. The highest BCUT2D eigenvalue weighted by molar-refractivity contribution is 7.90. The lowest BCUT2D eigenvalue weighted by atomic mass is 10.1. The summed E-state index contributed by atoms with van der Waals surface area (Å²) in [5, 5.41) is 5.04. The molecule has 1 saturated heterocycles. The maximum Gasteiger partial charge on any atom is 0.416 e. The lowest BCUT2D eigenvalue weighted by Gasteiger charge is -2.35. The Bertz CT molecular complexity index is 1400. The molecule has 0 spiro atoms. The molecule has 0 aliphatic carbocycles. The molecule has 3 heterocycles. The molecule has 0 bridgehead atoms. The summed E-state index contributed by atoms with van der Waals surface area (Å²) in [6, 6.07) is 11.5. The first-order valence-electron chi connectivity index (χ1n) is 11.2. The fourth-order valence-electron chi connectivity index (χ4n) is 4.31. The van der Waals surface area contributed by atoms with Crippen molar-refractivity contribution in [2.45, 2.75) is 17.6 Å². The van der Waals surface area contributed by atoms with Gasteiger partial charge in [-0.15, -0.1) is 15.7 Å². The van der Waals surface area contributed by atoms with E-state index in [4.69, 9.17) is 0 Å². The smallest absolute Gasteiger partial charge is 0.341 e. The highest BCUT2D eigenvalue weighted by atomic mass is 32.2. The predicted molar refractivity (Wildman–Crippen MR) is 131 cm³/mol. The number of benzene rings is 2. The molecular weight excluding hydrogens is 516 g/mol. The van der Waals surface area contributed by atoms with Crippen LogP contribution in [0.25, 0.3) is 10.4 Å². The van der Waals surface area contributed by atoms with Crippen LogP contribution in [0.2, 0.25) is 0 Å². The number of rotatable bonds is 5. The minimum Gasteiger partial charge on any atom is -0.341 e. The van der Waals surface area contributed by atoms with Crippen LogP contribution in [0.3, 0.4) is 0 Å². The standard InChI is InChI=1S/C24H22F4N4O2S2/c25-19-5-4-18(24(26,27)28)12-17(19)14-31-7-9-32(10-8-31)15-23-29-20-6-3-16(21-2-1-11-35-21)13-22(20)36(33,34)30-23/h1-6,11-13H,7-10,14-15H2,(H,29,30). The van der Waals surface area contributed by atoms with Gasteiger partial charge in [0.15, 0.2) is 0 Å². The number of hydrogen-bond donors (Lipinski definition) is 1. The number of anilines is 1. The molecule has 0 atom stereocenters. The van der Waals surface area contributed by atoms with Crippen molar-refractivity contribution >= 4 is 32.9 Å². The molecule has 12 heteroatoms. The second-order valence-corrected chi connectivity index (χ2v) is 11.2. The Labute approximate surface area is 209 Å². The minimum absolute atomic E-state index is 0.00113. The first kappa shape index (κ1) is 24.9. The van der Waals surface area contributed by atoms with E-state index in [1.165, 1.54) is 11.3 Å². The highest BCUT2D eigenvalue weighted by Gasteiger charge is 2.32. The molecule has 2 aliphatic heterocycles. The number of halogens is 4. The zero-order chi connectivity index (χ0) is 25.5. The normalized spacial score (nSPS) is 18.4. The average molecular weight is 539 g/mol. The first-order chi connectivity index (χ1) is 17.1. The van der Waals surface area contributed by atoms with Crippen molar-refractivity contribution in [3.8, 4) is 10.4 Å². The Balaban J connectivity index is 1.22. The second-order valence-electron chi connectivity index (χ2n) is 8.68. The van der Waals surface area contributed by atoms with Crippen LogP contribution in [0.4, 0.5) is 23.2 Å². The lowest BCUT2D eigenvalue weighted by molar-refractivity contribution is -0.137. The molecule has 1 N–H and O–H groups in total. The van der Waals surface area contributed by atoms with Gasteiger partial charge in [-0.1, -0.05) is 12.1 Å². The number of thiophene rings is 1. The van der Waals surface area contributed by atoms with E-state index in [0.29, 0.717) is 37.7 Å². The zero-order valence-corrected chi connectivity index (χ0v) is 20.6. The van der Waals surface area contributed by atoms with E-state index in [1.807, 2.05) is 33.4 Å². The number of amidine groups is 1. The van der Waals surface area contributed by atoms with Gasteiger partial charge >= 0.3 is 6.18 Å². The fraction of sp³-hybridized carbons (Fsp3) is 0.292. The molecule has 190 valence electrons. The van der Waals surface area contributed by atoms with Crippen molar-refractivity contribution in [3.05, 3.63) is 70.9 Å². The Kier molecular flexibility index (Phi) is 6.62. The molecular formula is C24H22F4N4O2S2. The number of piperazine rings is 1. The van der Waals surface area contributed by atoms with Gasteiger partial charge in [0.05, 0.1) is 17.8 Å². The van der Waals surface area contributed by atoms with Crippen LogP contribution in [-0.4, -0.2) is 56.8 Å². The van der Waals surface area contributed by atoms with Gasteiger partial charge in [-0.25, -0.2) is 4.39 Å². The summed E-state index contributed by atoms with van der Waals surface area (Å²) in [5.41, 5.74) is 0.407. The van der Waals surface area contributed by atoms with Crippen LogP contribution in [0.15, 0.2) is 63.2 Å². The van der Waals surface area contributed by atoms with Crippen LogP contribution >= 0.6 is 11.3 Å². The molecule has 6 nitrogen and oxygen atoms in total. The molecule has 0 amide bonds. The van der Waals surface area contributed by atoms with Crippen molar-refractivity contribution in [1.82, 2.24) is 9.80 Å².